The Labute approximate surface area is 248 Å². The van der Waals surface area contributed by atoms with Gasteiger partial charge in [-0.15, -0.1) is 0 Å². The van der Waals surface area contributed by atoms with Crippen LogP contribution in [0.2, 0.25) is 0 Å². The van der Waals surface area contributed by atoms with E-state index in [0.717, 1.165) is 52.8 Å². The number of aryl methyl sites for hydroxylation is 2. The molecule has 8 rings (SSSR count). The highest BCUT2D eigenvalue weighted by Gasteiger charge is 2.33. The van der Waals surface area contributed by atoms with E-state index < -0.39 is 0 Å². The van der Waals surface area contributed by atoms with Crippen LogP contribution in [0.4, 0.5) is 0 Å². The highest BCUT2D eigenvalue weighted by atomic mass is 32.1. The van der Waals surface area contributed by atoms with Crippen LogP contribution in [0, 0.1) is 0 Å². The van der Waals surface area contributed by atoms with E-state index in [2.05, 4.69) is 115 Å². The van der Waals surface area contributed by atoms with Gasteiger partial charge in [-0.2, -0.15) is 0 Å². The van der Waals surface area contributed by atoms with Crippen molar-refractivity contribution in [1.29, 1.82) is 0 Å². The molecule has 2 aliphatic rings. The Bertz CT molecular complexity index is 2220. The molecule has 0 radical (unpaired) electrons. The topological polar surface area (TPSA) is 39.3 Å². The molecular formula is C37H31N3OS. The van der Waals surface area contributed by atoms with E-state index in [4.69, 9.17) is 4.99 Å². The van der Waals surface area contributed by atoms with E-state index in [0.29, 0.717) is 0 Å². The summed E-state index contributed by atoms with van der Waals surface area (Å²) in [5.74, 6) is 0. The normalized spacial score (nSPS) is 16.4. The summed E-state index contributed by atoms with van der Waals surface area (Å²) in [6, 6.07) is 31.9. The van der Waals surface area contributed by atoms with Crippen molar-refractivity contribution in [2.45, 2.75) is 45.2 Å². The van der Waals surface area contributed by atoms with Gasteiger partial charge in [0.15, 0.2) is 4.80 Å². The summed E-state index contributed by atoms with van der Waals surface area (Å²) < 4.78 is 5.03. The van der Waals surface area contributed by atoms with Crippen LogP contribution in [-0.2, 0) is 13.0 Å². The average molecular weight is 566 g/mol. The van der Waals surface area contributed by atoms with E-state index in [-0.39, 0.29) is 11.6 Å². The third-order valence-corrected chi connectivity index (χ3v) is 9.83. The molecule has 206 valence electrons. The molecule has 6 aromatic rings. The Kier molecular flexibility index (Phi) is 6.08. The molecule has 4 nitrogen and oxygen atoms in total. The number of para-hydroxylation sites is 1. The molecule has 0 saturated heterocycles. The van der Waals surface area contributed by atoms with E-state index in [1.54, 1.807) is 0 Å². The minimum absolute atomic E-state index is 0.0347. The van der Waals surface area contributed by atoms with Crippen molar-refractivity contribution in [2.24, 2.45) is 4.99 Å². The van der Waals surface area contributed by atoms with Crippen molar-refractivity contribution in [1.82, 2.24) is 9.13 Å². The average Bonchev–Trinajstić information content (AvgIpc) is 3.55. The Hall–Kier alpha value is -4.48. The minimum Gasteiger partial charge on any atom is -0.347 e. The maximum atomic E-state index is 14.4. The molecule has 0 fully saturated rings. The van der Waals surface area contributed by atoms with Gasteiger partial charge in [0.25, 0.3) is 5.56 Å². The molecule has 1 aliphatic carbocycles. The van der Waals surface area contributed by atoms with Crippen molar-refractivity contribution in [2.75, 3.05) is 0 Å². The number of hydrogen-bond donors (Lipinski definition) is 0. The molecule has 0 amide bonds. The van der Waals surface area contributed by atoms with Gasteiger partial charge in [-0.25, -0.2) is 4.99 Å². The number of allylic oxidation sites excluding steroid dienone is 1. The molecule has 3 heterocycles. The summed E-state index contributed by atoms with van der Waals surface area (Å²) >= 11 is 1.51. The van der Waals surface area contributed by atoms with Crippen LogP contribution in [-0.4, -0.2) is 9.13 Å². The quantitative estimate of drug-likeness (QED) is 0.217. The van der Waals surface area contributed by atoms with E-state index in [1.807, 2.05) is 4.57 Å². The fourth-order valence-corrected chi connectivity index (χ4v) is 7.82. The Morgan fingerprint density at radius 1 is 0.905 bits per heavy atom. The maximum absolute atomic E-state index is 14.4. The van der Waals surface area contributed by atoms with Gasteiger partial charge in [0.1, 0.15) is 0 Å². The molecule has 5 heteroatoms. The lowest BCUT2D eigenvalue weighted by atomic mass is 9.82. The van der Waals surface area contributed by atoms with E-state index >= 15 is 0 Å². The number of aromatic nitrogens is 2. The first-order chi connectivity index (χ1) is 20.7. The summed E-state index contributed by atoms with van der Waals surface area (Å²) in [4.78, 5) is 20.4. The number of thiazole rings is 1. The van der Waals surface area contributed by atoms with Crippen LogP contribution < -0.4 is 14.9 Å². The van der Waals surface area contributed by atoms with Gasteiger partial charge in [-0.1, -0.05) is 110 Å². The van der Waals surface area contributed by atoms with Gasteiger partial charge < -0.3 is 4.57 Å². The summed E-state index contributed by atoms with van der Waals surface area (Å²) in [6.07, 6.45) is 8.40. The van der Waals surface area contributed by atoms with E-state index in [1.165, 1.54) is 55.3 Å². The lowest BCUT2D eigenvalue weighted by Gasteiger charge is -2.31. The molecule has 1 unspecified atom stereocenters. The zero-order valence-corrected chi connectivity index (χ0v) is 24.4. The zero-order valence-electron chi connectivity index (χ0n) is 23.6. The molecule has 42 heavy (non-hydrogen) atoms. The third-order valence-electron chi connectivity index (χ3n) is 8.85. The number of rotatable bonds is 5. The summed E-state index contributed by atoms with van der Waals surface area (Å²) in [6.45, 7) is 3.19. The lowest BCUT2D eigenvalue weighted by Crippen LogP contribution is -2.38. The van der Waals surface area contributed by atoms with Crippen LogP contribution in [0.3, 0.4) is 0 Å². The summed E-state index contributed by atoms with van der Waals surface area (Å²) in [5.41, 5.74) is 8.30. The number of nitrogens with zero attached hydrogens (tertiary/aromatic N) is 3. The first kappa shape index (κ1) is 25.2. The van der Waals surface area contributed by atoms with Gasteiger partial charge in [-0.05, 0) is 58.9 Å². The maximum Gasteiger partial charge on any atom is 0.271 e. The molecule has 2 aromatic heterocycles. The fourth-order valence-electron chi connectivity index (χ4n) is 6.83. The number of unbranched alkanes of at least 4 members (excludes halogenated alkanes) is 1. The highest BCUT2D eigenvalue weighted by Crippen LogP contribution is 2.42. The Morgan fingerprint density at radius 3 is 2.60 bits per heavy atom. The molecule has 4 aromatic carbocycles. The predicted molar refractivity (Wildman–Crippen MR) is 174 cm³/mol. The predicted octanol–water partition coefficient (Wildman–Crippen LogP) is 7.23. The van der Waals surface area contributed by atoms with Gasteiger partial charge in [0, 0.05) is 34.8 Å². The van der Waals surface area contributed by atoms with Crippen molar-refractivity contribution >= 4 is 44.8 Å². The largest absolute Gasteiger partial charge is 0.347 e. The standard InChI is InChI=1S/C37H31N3OS/c1-2-3-21-39-23-26(28-15-8-9-18-32(28)39)22-33-36(41)40-35(30-17-10-13-24-11-4-6-14-27(24)30)31-20-19-25-12-5-7-16-29(25)34(31)38-37(40)42-33/h4-18,22-23,35H,2-3,19-21H2,1H3/b33-22-. The fraction of sp³-hybridized carbons (Fsp3) is 0.189. The molecule has 1 aliphatic heterocycles. The second-order valence-corrected chi connectivity index (χ2v) is 12.3. The second kappa shape index (κ2) is 10.1. The Morgan fingerprint density at radius 2 is 1.69 bits per heavy atom. The number of fused-ring (bicyclic) bond motifs is 5. The first-order valence-electron chi connectivity index (χ1n) is 14.9. The van der Waals surface area contributed by atoms with Crippen LogP contribution in [0.5, 0.6) is 0 Å². The highest BCUT2D eigenvalue weighted by molar-refractivity contribution is 7.07. The lowest BCUT2D eigenvalue weighted by molar-refractivity contribution is 0.588. The van der Waals surface area contributed by atoms with Gasteiger partial charge >= 0.3 is 0 Å². The minimum atomic E-state index is -0.191. The smallest absolute Gasteiger partial charge is 0.271 e. The van der Waals surface area contributed by atoms with Crippen molar-refractivity contribution in [3.63, 3.8) is 0 Å². The number of benzene rings is 4. The SMILES string of the molecule is CCCCn1cc(/C=c2\sc3n(c2=O)C(c2cccc4ccccc24)C2=C(N=3)c3ccccc3CC2)c2ccccc21. The molecule has 0 N–H and O–H groups in total. The van der Waals surface area contributed by atoms with Gasteiger partial charge in [0.05, 0.1) is 16.3 Å². The molecule has 0 saturated carbocycles. The van der Waals surface area contributed by atoms with Crippen LogP contribution in [0.15, 0.2) is 113 Å². The summed E-state index contributed by atoms with van der Waals surface area (Å²) in [7, 11) is 0. The molecule has 0 spiro atoms. The van der Waals surface area contributed by atoms with Crippen molar-refractivity contribution in [3.05, 3.63) is 145 Å². The molecule has 1 atom stereocenters. The van der Waals surface area contributed by atoms with Crippen molar-refractivity contribution < 1.29 is 0 Å². The molecule has 0 bridgehead atoms. The first-order valence-corrected chi connectivity index (χ1v) is 15.7. The van der Waals surface area contributed by atoms with Crippen molar-refractivity contribution in [3.8, 4) is 0 Å². The molecular weight excluding hydrogens is 534 g/mol. The van der Waals surface area contributed by atoms with Crippen LogP contribution >= 0.6 is 11.3 Å². The zero-order chi connectivity index (χ0) is 28.2. The third kappa shape index (κ3) is 3.95. The Balaban J connectivity index is 1.39. The van der Waals surface area contributed by atoms with Gasteiger partial charge in [-0.3, -0.25) is 9.36 Å². The van der Waals surface area contributed by atoms with Gasteiger partial charge in [0.2, 0.25) is 0 Å². The van der Waals surface area contributed by atoms with Crippen LogP contribution in [0.1, 0.15) is 54.5 Å². The number of hydrogen-bond acceptors (Lipinski definition) is 3. The van der Waals surface area contributed by atoms with Crippen LogP contribution in [0.25, 0.3) is 33.4 Å². The summed E-state index contributed by atoms with van der Waals surface area (Å²) in [5, 5.41) is 3.55. The monoisotopic (exact) mass is 565 g/mol. The van der Waals surface area contributed by atoms with E-state index in [9.17, 15) is 4.79 Å². The second-order valence-electron chi connectivity index (χ2n) is 11.3.